The number of likely N-dealkylation sites (tertiary alicyclic amines) is 1. The number of imidazole rings is 2. The van der Waals surface area contributed by atoms with Crippen molar-refractivity contribution < 1.29 is 4.79 Å². The first-order valence-electron chi connectivity index (χ1n) is 8.48. The Balaban J connectivity index is 1.72. The van der Waals surface area contributed by atoms with Crippen LogP contribution in [0.15, 0.2) is 24.8 Å². The second-order valence-corrected chi connectivity index (χ2v) is 6.28. The zero-order valence-electron chi connectivity index (χ0n) is 14.0. The van der Waals surface area contributed by atoms with Crippen LogP contribution in [-0.4, -0.2) is 43.0 Å². The van der Waals surface area contributed by atoms with Gasteiger partial charge < -0.3 is 14.0 Å². The molecule has 124 valence electrons. The maximum absolute atomic E-state index is 12.7. The normalized spacial score (nSPS) is 18.3. The van der Waals surface area contributed by atoms with Crippen LogP contribution in [0, 0.1) is 0 Å². The molecule has 3 rings (SSSR count). The van der Waals surface area contributed by atoms with Gasteiger partial charge in [0, 0.05) is 57.4 Å². The van der Waals surface area contributed by atoms with Gasteiger partial charge in [-0.2, -0.15) is 0 Å². The van der Waals surface area contributed by atoms with Gasteiger partial charge in [0.1, 0.15) is 5.82 Å². The van der Waals surface area contributed by atoms with E-state index in [1.807, 2.05) is 24.3 Å². The third kappa shape index (κ3) is 3.30. The number of amides is 1. The minimum Gasteiger partial charge on any atom is -0.335 e. The van der Waals surface area contributed by atoms with Gasteiger partial charge in [0.25, 0.3) is 5.91 Å². The number of piperidine rings is 1. The van der Waals surface area contributed by atoms with E-state index in [0.29, 0.717) is 11.7 Å². The van der Waals surface area contributed by atoms with Gasteiger partial charge in [0.05, 0.1) is 0 Å². The molecule has 0 aromatic carbocycles. The highest BCUT2D eigenvalue weighted by atomic mass is 16.2. The van der Waals surface area contributed by atoms with E-state index in [9.17, 15) is 4.79 Å². The third-order valence-electron chi connectivity index (χ3n) is 4.59. The molecule has 0 radical (unpaired) electrons. The summed E-state index contributed by atoms with van der Waals surface area (Å²) in [5.41, 5.74) is 0. The first-order chi connectivity index (χ1) is 11.2. The number of carbonyl (C=O) groups is 1. The molecule has 0 unspecified atom stereocenters. The van der Waals surface area contributed by atoms with E-state index in [2.05, 4.69) is 27.7 Å². The van der Waals surface area contributed by atoms with E-state index in [4.69, 9.17) is 0 Å². The van der Waals surface area contributed by atoms with Gasteiger partial charge in [-0.3, -0.25) is 4.79 Å². The van der Waals surface area contributed by atoms with Crippen LogP contribution >= 0.6 is 0 Å². The Labute approximate surface area is 137 Å². The van der Waals surface area contributed by atoms with Gasteiger partial charge in [0.15, 0.2) is 5.82 Å². The van der Waals surface area contributed by atoms with Gasteiger partial charge in [-0.1, -0.05) is 13.3 Å². The summed E-state index contributed by atoms with van der Waals surface area (Å²) in [7, 11) is 1.86. The first-order valence-corrected chi connectivity index (χ1v) is 8.48. The largest absolute Gasteiger partial charge is 0.335 e. The topological polar surface area (TPSA) is 56.0 Å². The van der Waals surface area contributed by atoms with Crippen LogP contribution in [0.4, 0.5) is 0 Å². The highest BCUT2D eigenvalue weighted by molar-refractivity contribution is 5.90. The molecule has 23 heavy (non-hydrogen) atoms. The molecule has 2 aromatic rings. The fraction of sp³-hybridized carbons (Fsp3) is 0.588. The Bertz CT molecular complexity index is 659. The zero-order chi connectivity index (χ0) is 16.2. The molecular weight excluding hydrogens is 290 g/mol. The first kappa shape index (κ1) is 15.8. The van der Waals surface area contributed by atoms with Gasteiger partial charge in [-0.05, 0) is 19.3 Å². The predicted octanol–water partition coefficient (Wildman–Crippen LogP) is 2.44. The summed E-state index contributed by atoms with van der Waals surface area (Å²) in [4.78, 5) is 23.4. The summed E-state index contributed by atoms with van der Waals surface area (Å²) in [6, 6.07) is 0. The number of aryl methyl sites for hydroxylation is 2. The highest BCUT2D eigenvalue weighted by Gasteiger charge is 2.29. The van der Waals surface area contributed by atoms with Crippen LogP contribution in [-0.2, 0) is 13.6 Å². The summed E-state index contributed by atoms with van der Waals surface area (Å²) < 4.78 is 4.04. The molecule has 0 N–H and O–H groups in total. The SMILES string of the molecule is CCCCn1ccnc1[C@H]1CCCN(C(=O)c2nccn2C)C1. The fourth-order valence-electron chi connectivity index (χ4n) is 3.28. The van der Waals surface area contributed by atoms with E-state index in [0.717, 1.165) is 44.7 Å². The Kier molecular flexibility index (Phi) is 4.79. The lowest BCUT2D eigenvalue weighted by molar-refractivity contribution is 0.0687. The quantitative estimate of drug-likeness (QED) is 0.851. The van der Waals surface area contributed by atoms with Crippen molar-refractivity contribution in [1.82, 2.24) is 24.0 Å². The number of unbranched alkanes of at least 4 members (excludes halogenated alkanes) is 1. The number of aromatic nitrogens is 4. The molecule has 0 spiro atoms. The van der Waals surface area contributed by atoms with E-state index in [1.54, 1.807) is 10.8 Å². The molecule has 0 aliphatic carbocycles. The van der Waals surface area contributed by atoms with Crippen LogP contribution in [0.25, 0.3) is 0 Å². The molecule has 1 aliphatic heterocycles. The van der Waals surface area contributed by atoms with Gasteiger partial charge >= 0.3 is 0 Å². The van der Waals surface area contributed by atoms with Crippen molar-refractivity contribution in [2.75, 3.05) is 13.1 Å². The van der Waals surface area contributed by atoms with Crippen molar-refractivity contribution in [2.45, 2.75) is 45.1 Å². The molecule has 0 saturated carbocycles. The van der Waals surface area contributed by atoms with Crippen molar-refractivity contribution in [1.29, 1.82) is 0 Å². The molecule has 6 heteroatoms. The lowest BCUT2D eigenvalue weighted by Gasteiger charge is -2.32. The number of hydrogen-bond acceptors (Lipinski definition) is 3. The summed E-state index contributed by atoms with van der Waals surface area (Å²) in [5, 5.41) is 0. The van der Waals surface area contributed by atoms with Gasteiger partial charge in [-0.15, -0.1) is 0 Å². The van der Waals surface area contributed by atoms with Crippen LogP contribution in [0.2, 0.25) is 0 Å². The fourth-order valence-corrected chi connectivity index (χ4v) is 3.28. The summed E-state index contributed by atoms with van der Waals surface area (Å²) in [5.74, 6) is 1.98. The molecule has 1 fully saturated rings. The summed E-state index contributed by atoms with van der Waals surface area (Å²) in [6.07, 6.45) is 11.9. The molecule has 0 bridgehead atoms. The standard InChI is InChI=1S/C17H25N5O/c1-3-4-9-21-12-8-18-15(21)14-6-5-10-22(13-14)17(23)16-19-7-11-20(16)2/h7-8,11-12,14H,3-6,9-10,13H2,1-2H3/t14-/m0/s1. The average Bonchev–Trinajstić information content (AvgIpc) is 3.21. The molecule has 1 saturated heterocycles. The smallest absolute Gasteiger partial charge is 0.289 e. The van der Waals surface area contributed by atoms with Crippen molar-refractivity contribution in [3.63, 3.8) is 0 Å². The maximum Gasteiger partial charge on any atom is 0.289 e. The van der Waals surface area contributed by atoms with E-state index >= 15 is 0 Å². The van der Waals surface area contributed by atoms with Crippen LogP contribution < -0.4 is 0 Å². The maximum atomic E-state index is 12.7. The lowest BCUT2D eigenvalue weighted by atomic mass is 9.97. The molecule has 6 nitrogen and oxygen atoms in total. The average molecular weight is 315 g/mol. The van der Waals surface area contributed by atoms with Crippen LogP contribution in [0.3, 0.4) is 0 Å². The molecule has 1 amide bonds. The number of nitrogens with zero attached hydrogens (tertiary/aromatic N) is 5. The predicted molar refractivity (Wildman–Crippen MR) is 88.2 cm³/mol. The number of carbonyl (C=O) groups excluding carboxylic acids is 1. The summed E-state index contributed by atoms with van der Waals surface area (Å²) in [6.45, 7) is 4.74. The zero-order valence-corrected chi connectivity index (χ0v) is 14.0. The van der Waals surface area contributed by atoms with Crippen molar-refractivity contribution in [3.8, 4) is 0 Å². The van der Waals surface area contributed by atoms with E-state index in [1.165, 1.54) is 6.42 Å². The molecule has 3 heterocycles. The van der Waals surface area contributed by atoms with Gasteiger partial charge in [-0.25, -0.2) is 9.97 Å². The van der Waals surface area contributed by atoms with Crippen LogP contribution in [0.5, 0.6) is 0 Å². The van der Waals surface area contributed by atoms with E-state index in [-0.39, 0.29) is 5.91 Å². The second kappa shape index (κ2) is 6.98. The second-order valence-electron chi connectivity index (χ2n) is 6.28. The Hall–Kier alpha value is -2.11. The summed E-state index contributed by atoms with van der Waals surface area (Å²) >= 11 is 0. The monoisotopic (exact) mass is 315 g/mol. The van der Waals surface area contributed by atoms with Crippen molar-refractivity contribution in [2.24, 2.45) is 7.05 Å². The van der Waals surface area contributed by atoms with E-state index < -0.39 is 0 Å². The molecular formula is C17H25N5O. The minimum absolute atomic E-state index is 0.0221. The molecule has 2 aromatic heterocycles. The van der Waals surface area contributed by atoms with Crippen molar-refractivity contribution >= 4 is 5.91 Å². The third-order valence-corrected chi connectivity index (χ3v) is 4.59. The Morgan fingerprint density at radius 3 is 2.87 bits per heavy atom. The Morgan fingerprint density at radius 2 is 2.13 bits per heavy atom. The lowest BCUT2D eigenvalue weighted by Crippen LogP contribution is -2.40. The number of rotatable bonds is 5. The highest BCUT2D eigenvalue weighted by Crippen LogP contribution is 2.26. The Morgan fingerprint density at radius 1 is 1.30 bits per heavy atom. The van der Waals surface area contributed by atoms with Gasteiger partial charge in [0.2, 0.25) is 0 Å². The van der Waals surface area contributed by atoms with Crippen LogP contribution in [0.1, 0.15) is 55.0 Å². The molecule has 1 aliphatic rings. The number of hydrogen-bond donors (Lipinski definition) is 0. The minimum atomic E-state index is 0.0221. The van der Waals surface area contributed by atoms with Crippen molar-refractivity contribution in [3.05, 3.63) is 36.4 Å². The molecule has 1 atom stereocenters.